The monoisotopic (exact) mass is 472 g/mol. The van der Waals surface area contributed by atoms with E-state index in [0.717, 1.165) is 32.5 Å². The van der Waals surface area contributed by atoms with E-state index in [-0.39, 0.29) is 18.6 Å². The Hall–Kier alpha value is -3.82. The van der Waals surface area contributed by atoms with E-state index in [1.807, 2.05) is 12.1 Å². The topological polar surface area (TPSA) is 98.3 Å². The molecule has 4 aromatic rings. The molecule has 1 unspecified atom stereocenters. The number of rotatable bonds is 8. The van der Waals surface area contributed by atoms with Gasteiger partial charge in [-0.05, 0) is 43.1 Å². The lowest BCUT2D eigenvalue weighted by Crippen LogP contribution is -2.47. The summed E-state index contributed by atoms with van der Waals surface area (Å²) in [7, 11) is 1.59. The first-order valence-electron chi connectivity index (χ1n) is 11.7. The first-order chi connectivity index (χ1) is 17.2. The minimum Gasteiger partial charge on any atom is -0.463 e. The van der Waals surface area contributed by atoms with Crippen molar-refractivity contribution in [1.29, 1.82) is 0 Å². The number of nitrogens with one attached hydrogen (secondary N) is 1. The fourth-order valence-corrected chi connectivity index (χ4v) is 4.45. The zero-order valence-electron chi connectivity index (χ0n) is 19.6. The van der Waals surface area contributed by atoms with Crippen molar-refractivity contribution in [1.82, 2.24) is 30.0 Å². The number of hydrogen-bond acceptors (Lipinski definition) is 7. The van der Waals surface area contributed by atoms with Gasteiger partial charge in [-0.1, -0.05) is 30.3 Å². The largest absolute Gasteiger partial charge is 0.463 e. The molecule has 1 N–H and O–H groups in total. The van der Waals surface area contributed by atoms with E-state index in [2.05, 4.69) is 49.5 Å². The smallest absolute Gasteiger partial charge is 0.255 e. The van der Waals surface area contributed by atoms with Crippen molar-refractivity contribution in [3.05, 3.63) is 84.0 Å². The van der Waals surface area contributed by atoms with Gasteiger partial charge in [0, 0.05) is 32.4 Å². The number of piperidine rings is 1. The van der Waals surface area contributed by atoms with Gasteiger partial charge in [-0.2, -0.15) is 9.78 Å². The molecule has 1 aromatic carbocycles. The summed E-state index contributed by atoms with van der Waals surface area (Å²) in [5, 5.41) is 7.63. The molecule has 1 aliphatic heterocycles. The average molecular weight is 473 g/mol. The Morgan fingerprint density at radius 1 is 1.20 bits per heavy atom. The number of aromatic nitrogens is 4. The van der Waals surface area contributed by atoms with Crippen LogP contribution in [-0.4, -0.2) is 56.8 Å². The summed E-state index contributed by atoms with van der Waals surface area (Å²) in [6.07, 6.45) is 6.77. The molecular formula is C26H28N6O3. The maximum atomic E-state index is 13.3. The van der Waals surface area contributed by atoms with E-state index in [9.17, 15) is 4.79 Å². The minimum atomic E-state index is -0.169. The lowest BCUT2D eigenvalue weighted by molar-refractivity contribution is 0.0895. The second-order valence-electron chi connectivity index (χ2n) is 8.60. The molecule has 0 radical (unpaired) electrons. The van der Waals surface area contributed by atoms with Crippen molar-refractivity contribution in [2.24, 2.45) is 0 Å². The predicted octanol–water partition coefficient (Wildman–Crippen LogP) is 3.46. The maximum absolute atomic E-state index is 13.3. The number of ether oxygens (including phenoxy) is 1. The number of methoxy groups -OCH3 is 1. The van der Waals surface area contributed by atoms with Gasteiger partial charge in [0.25, 0.3) is 11.9 Å². The molecule has 1 fully saturated rings. The third kappa shape index (κ3) is 5.31. The SMILES string of the molecule is COCc1c(C(=O)NC2CCCN(Cc3ccccc3)C2)cnn1-c1nccc(-c2ccco2)n1. The molecule has 1 saturated heterocycles. The van der Waals surface area contributed by atoms with Crippen LogP contribution in [0.4, 0.5) is 0 Å². The second kappa shape index (κ2) is 10.6. The lowest BCUT2D eigenvalue weighted by atomic mass is 10.0. The summed E-state index contributed by atoms with van der Waals surface area (Å²) >= 11 is 0. The van der Waals surface area contributed by atoms with Crippen LogP contribution < -0.4 is 5.32 Å². The van der Waals surface area contributed by atoms with Gasteiger partial charge in [0.2, 0.25) is 0 Å². The number of furan rings is 1. The van der Waals surface area contributed by atoms with Gasteiger partial charge < -0.3 is 14.5 Å². The highest BCUT2D eigenvalue weighted by molar-refractivity contribution is 5.95. The highest BCUT2D eigenvalue weighted by Gasteiger charge is 2.25. The molecule has 35 heavy (non-hydrogen) atoms. The Morgan fingerprint density at radius 2 is 2.09 bits per heavy atom. The van der Waals surface area contributed by atoms with Gasteiger partial charge in [-0.15, -0.1) is 0 Å². The first kappa shape index (κ1) is 22.9. The van der Waals surface area contributed by atoms with Crippen LogP contribution >= 0.6 is 0 Å². The van der Waals surface area contributed by atoms with E-state index in [1.165, 1.54) is 5.56 Å². The van der Waals surface area contributed by atoms with Crippen LogP contribution in [0.15, 0.2) is 71.6 Å². The zero-order chi connectivity index (χ0) is 24.0. The van der Waals surface area contributed by atoms with Crippen LogP contribution in [-0.2, 0) is 17.9 Å². The van der Waals surface area contributed by atoms with E-state index in [4.69, 9.17) is 9.15 Å². The maximum Gasteiger partial charge on any atom is 0.255 e. The Balaban J connectivity index is 1.32. The summed E-state index contributed by atoms with van der Waals surface area (Å²) in [6.45, 7) is 2.91. The molecule has 1 amide bonds. The second-order valence-corrected chi connectivity index (χ2v) is 8.60. The third-order valence-electron chi connectivity index (χ3n) is 6.09. The Kier molecular flexibility index (Phi) is 6.97. The highest BCUT2D eigenvalue weighted by atomic mass is 16.5. The van der Waals surface area contributed by atoms with Crippen molar-refractivity contribution in [2.75, 3.05) is 20.2 Å². The van der Waals surface area contributed by atoms with E-state index in [1.54, 1.807) is 42.6 Å². The zero-order valence-corrected chi connectivity index (χ0v) is 19.6. The molecule has 9 nitrogen and oxygen atoms in total. The van der Waals surface area contributed by atoms with Crippen LogP contribution in [0.2, 0.25) is 0 Å². The van der Waals surface area contributed by atoms with Gasteiger partial charge in [-0.25, -0.2) is 9.97 Å². The minimum absolute atomic E-state index is 0.0669. The number of likely N-dealkylation sites (tertiary alicyclic amines) is 1. The number of hydrogen-bond donors (Lipinski definition) is 1. The molecule has 0 saturated carbocycles. The van der Waals surface area contributed by atoms with E-state index >= 15 is 0 Å². The van der Waals surface area contributed by atoms with Crippen LogP contribution in [0.1, 0.15) is 34.5 Å². The normalized spacial score (nSPS) is 16.3. The summed E-state index contributed by atoms with van der Waals surface area (Å²) in [5.74, 6) is 0.804. The third-order valence-corrected chi connectivity index (χ3v) is 6.09. The number of carbonyl (C=O) groups excluding carboxylic acids is 1. The van der Waals surface area contributed by atoms with Crippen molar-refractivity contribution in [3.8, 4) is 17.4 Å². The van der Waals surface area contributed by atoms with E-state index in [0.29, 0.717) is 28.7 Å². The summed E-state index contributed by atoms with van der Waals surface area (Å²) < 4.78 is 12.4. The summed E-state index contributed by atoms with van der Waals surface area (Å²) in [6, 6.07) is 15.9. The van der Waals surface area contributed by atoms with Gasteiger partial charge >= 0.3 is 0 Å². The van der Waals surface area contributed by atoms with Crippen LogP contribution in [0.5, 0.6) is 0 Å². The first-order valence-corrected chi connectivity index (χ1v) is 11.7. The molecule has 180 valence electrons. The highest BCUT2D eigenvalue weighted by Crippen LogP contribution is 2.20. The standard InChI is InChI=1S/C26H28N6O3/c1-34-18-23-21(15-28-32(23)26-27-12-11-22(30-26)24-10-6-14-35-24)25(33)29-20-9-5-13-31(17-20)16-19-7-3-2-4-8-19/h2-4,6-8,10-12,14-15,20H,5,9,13,16-18H2,1H3,(H,29,33). The quantitative estimate of drug-likeness (QED) is 0.419. The fraction of sp³-hybridized carbons (Fsp3) is 0.308. The summed E-state index contributed by atoms with van der Waals surface area (Å²) in [5.41, 5.74) is 2.96. The molecule has 0 spiro atoms. The van der Waals surface area contributed by atoms with Crippen LogP contribution in [0.25, 0.3) is 17.4 Å². The van der Waals surface area contributed by atoms with Gasteiger partial charge in [-0.3, -0.25) is 9.69 Å². The van der Waals surface area contributed by atoms with Gasteiger partial charge in [0.05, 0.1) is 30.3 Å². The Bertz CT molecular complexity index is 1260. The molecular weight excluding hydrogens is 444 g/mol. The Labute approximate surface area is 203 Å². The Morgan fingerprint density at radius 3 is 2.89 bits per heavy atom. The summed E-state index contributed by atoms with van der Waals surface area (Å²) in [4.78, 5) is 24.6. The number of carbonyl (C=O) groups is 1. The fourth-order valence-electron chi connectivity index (χ4n) is 4.45. The van der Waals surface area contributed by atoms with Crippen LogP contribution in [0, 0.1) is 0 Å². The van der Waals surface area contributed by atoms with E-state index < -0.39 is 0 Å². The molecule has 5 rings (SSSR count). The van der Waals surface area contributed by atoms with Crippen molar-refractivity contribution >= 4 is 5.91 Å². The number of nitrogens with zero attached hydrogens (tertiary/aromatic N) is 5. The molecule has 1 atom stereocenters. The van der Waals surface area contributed by atoms with Crippen molar-refractivity contribution in [3.63, 3.8) is 0 Å². The molecule has 9 heteroatoms. The lowest BCUT2D eigenvalue weighted by Gasteiger charge is -2.33. The number of benzene rings is 1. The van der Waals surface area contributed by atoms with Gasteiger partial charge in [0.1, 0.15) is 5.69 Å². The van der Waals surface area contributed by atoms with Crippen LogP contribution in [0.3, 0.4) is 0 Å². The molecule has 3 aromatic heterocycles. The molecule has 0 aliphatic carbocycles. The van der Waals surface area contributed by atoms with Gasteiger partial charge in [0.15, 0.2) is 5.76 Å². The van der Waals surface area contributed by atoms with Crippen molar-refractivity contribution < 1.29 is 13.9 Å². The molecule has 1 aliphatic rings. The van der Waals surface area contributed by atoms with Crippen molar-refractivity contribution in [2.45, 2.75) is 32.0 Å². The average Bonchev–Trinajstić information content (AvgIpc) is 3.56. The predicted molar refractivity (Wildman–Crippen MR) is 130 cm³/mol. The molecule has 0 bridgehead atoms. The number of amides is 1. The molecule has 4 heterocycles.